The number of halogens is 2. The maximum atomic E-state index is 13.4. The highest BCUT2D eigenvalue weighted by molar-refractivity contribution is 7.86. The van der Waals surface area contributed by atoms with Gasteiger partial charge in [0.2, 0.25) is 0 Å². The lowest BCUT2D eigenvalue weighted by Gasteiger charge is -2.18. The number of fused-ring (bicyclic) bond motifs is 8. The van der Waals surface area contributed by atoms with Gasteiger partial charge in [-0.1, -0.05) is 48.5 Å². The summed E-state index contributed by atoms with van der Waals surface area (Å²) in [4.78, 5) is 12.6. The van der Waals surface area contributed by atoms with Crippen molar-refractivity contribution in [3.8, 4) is 0 Å². The van der Waals surface area contributed by atoms with E-state index in [1.54, 1.807) is 0 Å². The first-order chi connectivity index (χ1) is 12.2. The molecule has 2 aliphatic rings. The minimum absolute atomic E-state index is 0.320. The second kappa shape index (κ2) is 5.59. The van der Waals surface area contributed by atoms with Crippen molar-refractivity contribution < 1.29 is 31.3 Å². The first kappa shape index (κ1) is 17.1. The van der Waals surface area contributed by atoms with Crippen LogP contribution in [0.1, 0.15) is 34.1 Å². The maximum absolute atomic E-state index is 13.4. The van der Waals surface area contributed by atoms with Crippen LogP contribution >= 0.6 is 0 Å². The van der Waals surface area contributed by atoms with Crippen molar-refractivity contribution in [1.29, 1.82) is 0 Å². The molecule has 2 aromatic rings. The predicted octanol–water partition coefficient (Wildman–Crippen LogP) is 2.92. The summed E-state index contributed by atoms with van der Waals surface area (Å²) in [5, 5.41) is -4.54. The molecule has 0 spiro atoms. The second-order valence-electron chi connectivity index (χ2n) is 6.46. The van der Waals surface area contributed by atoms with Gasteiger partial charge >= 0.3 is 21.3 Å². The van der Waals surface area contributed by atoms with Crippen LogP contribution in [-0.2, 0) is 19.6 Å². The lowest BCUT2D eigenvalue weighted by atomic mass is 9.86. The summed E-state index contributed by atoms with van der Waals surface area (Å²) in [6.45, 7) is -1.71. The lowest BCUT2D eigenvalue weighted by Crippen LogP contribution is -2.36. The van der Waals surface area contributed by atoms with E-state index in [9.17, 15) is 22.0 Å². The van der Waals surface area contributed by atoms with E-state index >= 15 is 0 Å². The Balaban J connectivity index is 1.66. The average molecular weight is 380 g/mol. The Kier molecular flexibility index (Phi) is 3.68. The van der Waals surface area contributed by atoms with Crippen molar-refractivity contribution in [2.45, 2.75) is 17.1 Å². The fourth-order valence-corrected chi connectivity index (χ4v) is 4.26. The number of ether oxygens (including phenoxy) is 1. The standard InChI is InChI=1S/C18H14F2O5S/c19-18(20,26(22,23)24)9-25-17(21)16-14-10-5-1-2-6-11(10)15(16)13-8-4-3-7-12(13)14/h1-8,14-16H,9H2,(H,22,23,24). The van der Waals surface area contributed by atoms with Crippen molar-refractivity contribution in [2.75, 3.05) is 6.61 Å². The van der Waals surface area contributed by atoms with E-state index in [2.05, 4.69) is 4.74 Å². The third kappa shape index (κ3) is 2.36. The number of alkyl halides is 2. The van der Waals surface area contributed by atoms with Crippen LogP contribution in [0.25, 0.3) is 0 Å². The molecule has 2 aromatic carbocycles. The van der Waals surface area contributed by atoms with E-state index in [1.807, 2.05) is 48.5 Å². The van der Waals surface area contributed by atoms with Crippen LogP contribution in [0, 0.1) is 5.92 Å². The van der Waals surface area contributed by atoms with Gasteiger partial charge in [-0.2, -0.15) is 17.2 Å². The fourth-order valence-electron chi connectivity index (χ4n) is 4.05. The van der Waals surface area contributed by atoms with Crippen LogP contribution in [0.4, 0.5) is 8.78 Å². The molecular formula is C18H14F2O5S. The molecule has 5 nitrogen and oxygen atoms in total. The van der Waals surface area contributed by atoms with E-state index in [-0.39, 0.29) is 11.8 Å². The minimum Gasteiger partial charge on any atom is -0.458 e. The van der Waals surface area contributed by atoms with Gasteiger partial charge in [-0.25, -0.2) is 0 Å². The highest BCUT2D eigenvalue weighted by atomic mass is 32.2. The van der Waals surface area contributed by atoms with Gasteiger partial charge in [0.25, 0.3) is 0 Å². The Morgan fingerprint density at radius 2 is 1.35 bits per heavy atom. The number of carbonyl (C=O) groups excluding carboxylic acids is 1. The van der Waals surface area contributed by atoms with Gasteiger partial charge in [0.1, 0.15) is 0 Å². The predicted molar refractivity (Wildman–Crippen MR) is 87.5 cm³/mol. The smallest absolute Gasteiger partial charge is 0.402 e. The number of benzene rings is 2. The molecule has 4 rings (SSSR count). The molecule has 2 aliphatic carbocycles. The Morgan fingerprint density at radius 3 is 1.69 bits per heavy atom. The highest BCUT2D eigenvalue weighted by Gasteiger charge is 2.54. The summed E-state index contributed by atoms with van der Waals surface area (Å²) in [6.07, 6.45) is 0. The summed E-state index contributed by atoms with van der Waals surface area (Å²) in [6, 6.07) is 14.9. The van der Waals surface area contributed by atoms with Crippen LogP contribution in [0.15, 0.2) is 48.5 Å². The summed E-state index contributed by atoms with van der Waals surface area (Å²) < 4.78 is 61.4. The molecule has 26 heavy (non-hydrogen) atoms. The van der Waals surface area contributed by atoms with Gasteiger partial charge < -0.3 is 4.74 Å². The summed E-state index contributed by atoms with van der Waals surface area (Å²) in [5.74, 6) is -2.28. The number of hydrogen-bond donors (Lipinski definition) is 1. The van der Waals surface area contributed by atoms with Gasteiger partial charge in [-0.15, -0.1) is 0 Å². The molecule has 0 atom stereocenters. The molecule has 2 bridgehead atoms. The molecule has 0 saturated heterocycles. The maximum Gasteiger partial charge on any atom is 0.402 e. The molecule has 0 fully saturated rings. The normalized spacial score (nSPS) is 23.4. The zero-order chi connectivity index (χ0) is 18.7. The van der Waals surface area contributed by atoms with Crippen LogP contribution in [0.3, 0.4) is 0 Å². The van der Waals surface area contributed by atoms with Gasteiger partial charge in [-0.05, 0) is 22.3 Å². The van der Waals surface area contributed by atoms with Crippen molar-refractivity contribution in [1.82, 2.24) is 0 Å². The zero-order valence-corrected chi connectivity index (χ0v) is 14.1. The molecule has 0 radical (unpaired) electrons. The molecule has 0 saturated carbocycles. The van der Waals surface area contributed by atoms with Crippen LogP contribution < -0.4 is 0 Å². The Hall–Kier alpha value is -2.32. The van der Waals surface area contributed by atoms with Crippen molar-refractivity contribution in [3.05, 3.63) is 70.8 Å². The fraction of sp³-hybridized carbons (Fsp3) is 0.278. The van der Waals surface area contributed by atoms with Gasteiger partial charge in [-0.3, -0.25) is 9.35 Å². The van der Waals surface area contributed by atoms with Crippen LogP contribution in [0.5, 0.6) is 0 Å². The largest absolute Gasteiger partial charge is 0.458 e. The number of esters is 1. The van der Waals surface area contributed by atoms with Crippen molar-refractivity contribution in [3.63, 3.8) is 0 Å². The van der Waals surface area contributed by atoms with E-state index < -0.39 is 33.9 Å². The van der Waals surface area contributed by atoms with Gasteiger partial charge in [0.05, 0.1) is 5.92 Å². The summed E-state index contributed by atoms with van der Waals surface area (Å²) in [5.41, 5.74) is 3.78. The zero-order valence-electron chi connectivity index (χ0n) is 13.3. The van der Waals surface area contributed by atoms with E-state index in [4.69, 9.17) is 4.55 Å². The molecule has 0 heterocycles. The first-order valence-corrected chi connectivity index (χ1v) is 9.35. The molecule has 0 aliphatic heterocycles. The highest BCUT2D eigenvalue weighted by Crippen LogP contribution is 2.60. The van der Waals surface area contributed by atoms with E-state index in [0.717, 1.165) is 22.3 Å². The third-order valence-electron chi connectivity index (χ3n) is 5.08. The Labute approximate surface area is 148 Å². The molecule has 1 N–H and O–H groups in total. The van der Waals surface area contributed by atoms with Crippen molar-refractivity contribution in [2.24, 2.45) is 5.92 Å². The van der Waals surface area contributed by atoms with Crippen LogP contribution in [0.2, 0.25) is 0 Å². The van der Waals surface area contributed by atoms with Crippen molar-refractivity contribution >= 4 is 16.1 Å². The summed E-state index contributed by atoms with van der Waals surface area (Å²) in [7, 11) is -5.65. The minimum atomic E-state index is -5.65. The average Bonchev–Trinajstić information content (AvgIpc) is 3.11. The SMILES string of the molecule is O=C(OCC(F)(F)S(=O)(=O)O)C1C2c3ccccc3C1c1ccccc12. The quantitative estimate of drug-likeness (QED) is 0.652. The summed E-state index contributed by atoms with van der Waals surface area (Å²) >= 11 is 0. The number of carbonyl (C=O) groups is 1. The number of hydrogen-bond acceptors (Lipinski definition) is 4. The third-order valence-corrected chi connectivity index (χ3v) is 5.96. The van der Waals surface area contributed by atoms with Gasteiger partial charge in [0.15, 0.2) is 6.61 Å². The Bertz CT molecular complexity index is 905. The van der Waals surface area contributed by atoms with E-state index in [1.165, 1.54) is 0 Å². The molecule has 136 valence electrons. The number of rotatable bonds is 4. The Morgan fingerprint density at radius 1 is 0.962 bits per heavy atom. The molecule has 0 aromatic heterocycles. The second-order valence-corrected chi connectivity index (χ2v) is 8.01. The lowest BCUT2D eigenvalue weighted by molar-refractivity contribution is -0.154. The molecular weight excluding hydrogens is 366 g/mol. The molecule has 8 heteroatoms. The van der Waals surface area contributed by atoms with E-state index in [0.29, 0.717) is 0 Å². The topological polar surface area (TPSA) is 80.7 Å². The monoisotopic (exact) mass is 380 g/mol. The first-order valence-electron chi connectivity index (χ1n) is 7.91. The molecule has 0 amide bonds. The van der Waals surface area contributed by atoms with Crippen LogP contribution in [-0.4, -0.2) is 30.8 Å². The van der Waals surface area contributed by atoms with Gasteiger partial charge in [0, 0.05) is 11.8 Å². The molecule has 0 unspecified atom stereocenters.